The fraction of sp³-hybridized carbons (Fsp3) is 0.350. The number of pyridine rings is 1. The Morgan fingerprint density at radius 2 is 1.88 bits per heavy atom. The van der Waals surface area contributed by atoms with E-state index in [-0.39, 0.29) is 0 Å². The lowest BCUT2D eigenvalue weighted by Crippen LogP contribution is -2.32. The van der Waals surface area contributed by atoms with Gasteiger partial charge in [-0.2, -0.15) is 0 Å². The van der Waals surface area contributed by atoms with E-state index in [2.05, 4.69) is 21.5 Å². The maximum Gasteiger partial charge on any atom is 0.105 e. The molecule has 1 N–H and O–H groups in total. The Morgan fingerprint density at radius 1 is 1.19 bits per heavy atom. The van der Waals surface area contributed by atoms with E-state index in [4.69, 9.17) is 23.2 Å². The summed E-state index contributed by atoms with van der Waals surface area (Å²) in [6.07, 6.45) is 4.37. The van der Waals surface area contributed by atoms with Gasteiger partial charge in [0, 0.05) is 36.6 Å². The number of aromatic nitrogens is 2. The Hall–Kier alpha value is -1.59. The first-order chi connectivity index (χ1) is 12.4. The van der Waals surface area contributed by atoms with Crippen molar-refractivity contribution in [3.63, 3.8) is 0 Å². The number of hydrogen-bond acceptors (Lipinski definition) is 3. The summed E-state index contributed by atoms with van der Waals surface area (Å²) in [7, 11) is 2.12. The van der Waals surface area contributed by atoms with E-state index in [1.54, 1.807) is 12.4 Å². The second kappa shape index (κ2) is 6.54. The van der Waals surface area contributed by atoms with Crippen molar-refractivity contribution < 1.29 is 5.11 Å². The number of hydrogen-bond donors (Lipinski definition) is 1. The molecule has 1 aliphatic rings. The van der Waals surface area contributed by atoms with Gasteiger partial charge in [-0.05, 0) is 55.8 Å². The minimum absolute atomic E-state index is 0.439. The second-order valence-corrected chi connectivity index (χ2v) is 8.11. The zero-order valence-electron chi connectivity index (χ0n) is 14.8. The third-order valence-electron chi connectivity index (χ3n) is 5.26. The van der Waals surface area contributed by atoms with Gasteiger partial charge in [-0.1, -0.05) is 23.2 Å². The number of rotatable bonds is 3. The summed E-state index contributed by atoms with van der Waals surface area (Å²) in [5.74, 6) is 0. The lowest BCUT2D eigenvalue weighted by molar-refractivity contribution is 0.0380. The highest BCUT2D eigenvalue weighted by molar-refractivity contribution is 6.42. The molecule has 0 aliphatic carbocycles. The molecule has 0 bridgehead atoms. The molecule has 2 aromatic heterocycles. The molecule has 0 amide bonds. The van der Waals surface area contributed by atoms with Gasteiger partial charge >= 0.3 is 0 Å². The number of nitrogens with zero attached hydrogens (tertiary/aromatic N) is 3. The molecule has 0 spiro atoms. The van der Waals surface area contributed by atoms with Gasteiger partial charge in [0.2, 0.25) is 0 Å². The molecule has 136 valence electrons. The molecule has 1 aliphatic heterocycles. The number of benzene rings is 1. The van der Waals surface area contributed by atoms with Gasteiger partial charge < -0.3 is 14.6 Å². The third-order valence-corrected chi connectivity index (χ3v) is 5.98. The number of aliphatic hydroxyl groups is 1. The van der Waals surface area contributed by atoms with Crippen LogP contribution >= 0.6 is 23.2 Å². The first-order valence-corrected chi connectivity index (χ1v) is 9.43. The standard InChI is InChI=1S/C20H21Cl2N3O/c1-20(26,13-3-6-23-7-4-13)12-25-18-10-17(22)16(21)9-15(18)14-5-8-24(2)11-19(14)25/h3-4,6-7,9-10,26H,5,8,11-12H2,1-2H3. The fourth-order valence-electron chi connectivity index (χ4n) is 3.85. The predicted octanol–water partition coefficient (Wildman–Crippen LogP) is 4.24. The molecule has 3 heterocycles. The first kappa shape index (κ1) is 17.8. The molecule has 6 heteroatoms. The molecule has 1 unspecified atom stereocenters. The molecular formula is C20H21Cl2N3O. The molecule has 0 fully saturated rings. The molecule has 26 heavy (non-hydrogen) atoms. The van der Waals surface area contributed by atoms with Crippen molar-refractivity contribution in [3.05, 3.63) is 63.5 Å². The van der Waals surface area contributed by atoms with E-state index in [9.17, 15) is 5.11 Å². The van der Waals surface area contributed by atoms with Crippen molar-refractivity contribution in [2.45, 2.75) is 32.0 Å². The highest BCUT2D eigenvalue weighted by Gasteiger charge is 2.29. The maximum atomic E-state index is 11.2. The number of fused-ring (bicyclic) bond motifs is 3. The summed E-state index contributed by atoms with van der Waals surface area (Å²) >= 11 is 12.6. The molecule has 1 atom stereocenters. The zero-order chi connectivity index (χ0) is 18.5. The number of halogens is 2. The van der Waals surface area contributed by atoms with Gasteiger partial charge in [0.15, 0.2) is 0 Å². The Balaban J connectivity index is 1.89. The normalized spacial score (nSPS) is 17.3. The molecule has 0 saturated carbocycles. The highest BCUT2D eigenvalue weighted by atomic mass is 35.5. The Bertz CT molecular complexity index is 966. The Morgan fingerprint density at radius 3 is 2.62 bits per heavy atom. The van der Waals surface area contributed by atoms with E-state index < -0.39 is 5.60 Å². The quantitative estimate of drug-likeness (QED) is 0.728. The molecular weight excluding hydrogens is 369 g/mol. The van der Waals surface area contributed by atoms with Crippen LogP contribution in [0.3, 0.4) is 0 Å². The van der Waals surface area contributed by atoms with Crippen molar-refractivity contribution >= 4 is 34.1 Å². The Labute approximate surface area is 163 Å². The van der Waals surface area contributed by atoms with Crippen LogP contribution in [0.4, 0.5) is 0 Å². The maximum absolute atomic E-state index is 11.2. The van der Waals surface area contributed by atoms with Crippen LogP contribution < -0.4 is 0 Å². The van der Waals surface area contributed by atoms with E-state index in [1.165, 1.54) is 11.3 Å². The van der Waals surface area contributed by atoms with Gasteiger partial charge in [-0.15, -0.1) is 0 Å². The van der Waals surface area contributed by atoms with E-state index >= 15 is 0 Å². The topological polar surface area (TPSA) is 41.3 Å². The van der Waals surface area contributed by atoms with Crippen molar-refractivity contribution in [2.75, 3.05) is 13.6 Å². The summed E-state index contributed by atoms with van der Waals surface area (Å²) in [4.78, 5) is 6.34. The minimum Gasteiger partial charge on any atom is -0.384 e. The summed E-state index contributed by atoms with van der Waals surface area (Å²) in [6.45, 7) is 4.12. The zero-order valence-corrected chi connectivity index (χ0v) is 16.3. The van der Waals surface area contributed by atoms with Crippen molar-refractivity contribution in [1.29, 1.82) is 0 Å². The van der Waals surface area contributed by atoms with Gasteiger partial charge in [0.25, 0.3) is 0 Å². The lowest BCUT2D eigenvalue weighted by Gasteiger charge is -2.29. The van der Waals surface area contributed by atoms with Crippen LogP contribution in [0.25, 0.3) is 10.9 Å². The largest absolute Gasteiger partial charge is 0.384 e. The van der Waals surface area contributed by atoms with Crippen molar-refractivity contribution in [2.24, 2.45) is 0 Å². The van der Waals surface area contributed by atoms with Crippen LogP contribution in [0, 0.1) is 0 Å². The summed E-state index contributed by atoms with van der Waals surface area (Å²) < 4.78 is 2.20. The van der Waals surface area contributed by atoms with Crippen LogP contribution in [-0.2, 0) is 25.1 Å². The summed E-state index contributed by atoms with van der Waals surface area (Å²) in [5, 5.41) is 13.4. The van der Waals surface area contributed by atoms with Crippen LogP contribution in [0.15, 0.2) is 36.7 Å². The van der Waals surface area contributed by atoms with Crippen LogP contribution in [0.2, 0.25) is 10.0 Å². The molecule has 0 radical (unpaired) electrons. The highest BCUT2D eigenvalue weighted by Crippen LogP contribution is 2.37. The molecule has 0 saturated heterocycles. The number of likely N-dealkylation sites (N-methyl/N-ethyl adjacent to an activating group) is 1. The summed E-state index contributed by atoms with van der Waals surface area (Å²) in [6, 6.07) is 7.59. The van der Waals surface area contributed by atoms with E-state index in [0.29, 0.717) is 16.6 Å². The van der Waals surface area contributed by atoms with Crippen LogP contribution in [-0.4, -0.2) is 33.1 Å². The van der Waals surface area contributed by atoms with E-state index in [1.807, 2.05) is 31.2 Å². The van der Waals surface area contributed by atoms with Gasteiger partial charge in [-0.3, -0.25) is 4.98 Å². The molecule has 4 rings (SSSR count). The SMILES string of the molecule is CN1CCc2c(n(CC(C)(O)c3ccncc3)c3cc(Cl)c(Cl)cc23)C1. The smallest absolute Gasteiger partial charge is 0.105 e. The third kappa shape index (κ3) is 3.01. The van der Waals surface area contributed by atoms with Crippen LogP contribution in [0.5, 0.6) is 0 Å². The van der Waals surface area contributed by atoms with Crippen molar-refractivity contribution in [3.8, 4) is 0 Å². The Kier molecular flexibility index (Phi) is 4.48. The van der Waals surface area contributed by atoms with Gasteiger partial charge in [0.05, 0.1) is 22.1 Å². The summed E-state index contributed by atoms with van der Waals surface area (Å²) in [5.41, 5.74) is 3.37. The monoisotopic (exact) mass is 389 g/mol. The van der Waals surface area contributed by atoms with Crippen LogP contribution in [0.1, 0.15) is 23.7 Å². The second-order valence-electron chi connectivity index (χ2n) is 7.29. The average Bonchev–Trinajstić information content (AvgIpc) is 2.88. The van der Waals surface area contributed by atoms with Gasteiger partial charge in [0.1, 0.15) is 5.60 Å². The fourth-order valence-corrected chi connectivity index (χ4v) is 4.17. The molecule has 3 aromatic rings. The van der Waals surface area contributed by atoms with E-state index in [0.717, 1.165) is 36.0 Å². The average molecular weight is 390 g/mol. The molecule has 4 nitrogen and oxygen atoms in total. The molecule has 1 aromatic carbocycles. The van der Waals surface area contributed by atoms with Crippen molar-refractivity contribution in [1.82, 2.24) is 14.5 Å². The predicted molar refractivity (Wildman–Crippen MR) is 106 cm³/mol. The van der Waals surface area contributed by atoms with Gasteiger partial charge in [-0.25, -0.2) is 0 Å². The minimum atomic E-state index is -1.02. The lowest BCUT2D eigenvalue weighted by atomic mass is 9.97. The first-order valence-electron chi connectivity index (χ1n) is 8.67.